The highest BCUT2D eigenvalue weighted by molar-refractivity contribution is 8.76. The first-order valence-corrected chi connectivity index (χ1v) is 27.5. The fraction of sp³-hybridized carbons (Fsp3) is 0.574. The van der Waals surface area contributed by atoms with Crippen LogP contribution >= 0.6 is 21.6 Å². The molecule has 4 fully saturated rings. The average molecular weight is 999 g/mol. The number of carbonyl (C=O) groups excluding carboxylic acids is 3. The number of hydrogen-bond acceptors (Lipinski definition) is 16. The summed E-state index contributed by atoms with van der Waals surface area (Å²) in [7, 11) is 2.82. The van der Waals surface area contributed by atoms with Crippen LogP contribution in [0.5, 0.6) is 5.75 Å². The van der Waals surface area contributed by atoms with Crippen molar-refractivity contribution in [3.8, 4) is 5.75 Å². The van der Waals surface area contributed by atoms with E-state index in [1.54, 1.807) is 24.3 Å². The normalized spacial score (nSPS) is 37.1. The molecule has 3 heterocycles. The minimum Gasteiger partial charge on any atom is -0.511 e. The molecule has 0 aromatic heterocycles. The molecule has 0 unspecified atom stereocenters. The third-order valence-electron chi connectivity index (χ3n) is 17.5. The first-order chi connectivity index (χ1) is 33.7. The molecular formula is C54H66N2O12S2. The van der Waals surface area contributed by atoms with E-state index in [1.807, 2.05) is 24.3 Å². The predicted molar refractivity (Wildman–Crippen MR) is 264 cm³/mol. The summed E-state index contributed by atoms with van der Waals surface area (Å²) in [5.74, 6) is -1.85. The molecule has 2 aromatic rings. The van der Waals surface area contributed by atoms with Gasteiger partial charge in [0.1, 0.15) is 47.1 Å². The highest BCUT2D eigenvalue weighted by atomic mass is 33.1. The van der Waals surface area contributed by atoms with E-state index in [2.05, 4.69) is 16.7 Å². The van der Waals surface area contributed by atoms with Gasteiger partial charge in [-0.15, -0.1) is 0 Å². The maximum atomic E-state index is 16.1. The Balaban J connectivity index is 1.11. The smallest absolute Gasteiger partial charge is 0.229 e. The molecule has 376 valence electrons. The zero-order valence-electron chi connectivity index (χ0n) is 39.4. The molecule has 6 bridgehead atoms. The molecule has 3 saturated carbocycles. The van der Waals surface area contributed by atoms with E-state index in [9.17, 15) is 40.5 Å². The number of Topliss-reactive ketones (excluding diaryl/α,β-unsaturated/α-hetero) is 2. The van der Waals surface area contributed by atoms with Crippen molar-refractivity contribution in [2.45, 2.75) is 144 Å². The fourth-order valence-corrected chi connectivity index (χ4v) is 16.7. The number of rotatable bonds is 8. The predicted octanol–water partition coefficient (Wildman–Crippen LogP) is 6.04. The molecule has 0 radical (unpaired) electrons. The minimum atomic E-state index is -2.35. The maximum Gasteiger partial charge on any atom is 0.229 e. The van der Waals surface area contributed by atoms with Crippen LogP contribution in [0.25, 0.3) is 0 Å². The first-order valence-electron chi connectivity index (χ1n) is 25.1. The fourth-order valence-electron chi connectivity index (χ4n) is 13.9. The van der Waals surface area contributed by atoms with Crippen LogP contribution in [0.2, 0.25) is 0 Å². The molecule has 1 saturated heterocycles. The Morgan fingerprint density at radius 3 is 2.47 bits per heavy atom. The summed E-state index contributed by atoms with van der Waals surface area (Å²) in [6.45, 7) is -0.490. The van der Waals surface area contributed by atoms with Crippen molar-refractivity contribution in [1.82, 2.24) is 10.6 Å². The lowest BCUT2D eigenvalue weighted by atomic mass is 9.56. The Hall–Kier alpha value is -3.97. The van der Waals surface area contributed by atoms with Gasteiger partial charge in [0.25, 0.3) is 0 Å². The maximum absolute atomic E-state index is 16.1. The van der Waals surface area contributed by atoms with E-state index >= 15 is 9.59 Å². The van der Waals surface area contributed by atoms with Crippen molar-refractivity contribution in [2.24, 2.45) is 28.1 Å². The molecule has 8 aliphatic rings. The number of ether oxygens (including phenoxy) is 2. The van der Waals surface area contributed by atoms with Gasteiger partial charge in [-0.3, -0.25) is 9.59 Å². The van der Waals surface area contributed by atoms with Crippen molar-refractivity contribution < 1.29 is 59.6 Å². The molecule has 3 spiro atoms. The van der Waals surface area contributed by atoms with Crippen LogP contribution < -0.4 is 15.4 Å². The Kier molecular flexibility index (Phi) is 13.8. The van der Waals surface area contributed by atoms with E-state index in [-0.39, 0.29) is 53.4 Å². The third-order valence-corrected chi connectivity index (χ3v) is 20.2. The van der Waals surface area contributed by atoms with Gasteiger partial charge in [-0.1, -0.05) is 95.8 Å². The number of ketones is 2. The first kappa shape index (κ1) is 49.6. The van der Waals surface area contributed by atoms with Gasteiger partial charge in [-0.25, -0.2) is 0 Å². The summed E-state index contributed by atoms with van der Waals surface area (Å²) < 4.78 is 12.7. The molecule has 2 aromatic carbocycles. The molecule has 10 rings (SSSR count). The van der Waals surface area contributed by atoms with Crippen molar-refractivity contribution in [1.29, 1.82) is 0 Å². The van der Waals surface area contributed by atoms with Gasteiger partial charge in [0.2, 0.25) is 6.29 Å². The lowest BCUT2D eigenvalue weighted by Crippen LogP contribution is -2.69. The molecule has 16 heteroatoms. The quantitative estimate of drug-likeness (QED) is 0.108. The van der Waals surface area contributed by atoms with Crippen LogP contribution in [0.3, 0.4) is 0 Å². The number of nitrogens with one attached hydrogen (secondary N) is 2. The van der Waals surface area contributed by atoms with Gasteiger partial charge in [-0.05, 0) is 122 Å². The van der Waals surface area contributed by atoms with Gasteiger partial charge < -0.3 is 60.6 Å². The van der Waals surface area contributed by atoms with Crippen LogP contribution in [0, 0.1) is 28.1 Å². The number of dihydropyridines is 1. The standard InChI is InChI=1S/C54H66N2O12S2/c57-26-33-8-4-7-32(21-33)22-34-23-38-45(61)37-10-5-11-39-44(37)47(63)54(38,41(60)24-34)42(12-17-52(65)15-2-1-3-16-52)70-69-31-56-43-25-35(13-20-55-43)51(19-18-50(29-51)14-6-9-36(50)27-58)30-53(66)46(62)40(28-59)68-49(67-39)48(53)64/h4-5,7-8,10-11,13,21,23-25,27,36,38,40,42,46,48-49,55-57,59-60,62,64-66H,1-3,6,9,12,14-20,22,26,28-31H2/t36-,38+,40+,42-,46+,48-,49+,50-,51-,53-,54-/m0/s1. The average Bonchev–Trinajstić information content (AvgIpc) is 3.95. The van der Waals surface area contributed by atoms with Crippen molar-refractivity contribution in [3.63, 3.8) is 0 Å². The molecule has 5 aliphatic carbocycles. The number of aliphatic hydroxyl groups excluding tert-OH is 5. The van der Waals surface area contributed by atoms with Crippen molar-refractivity contribution in [2.75, 3.05) is 19.0 Å². The van der Waals surface area contributed by atoms with Crippen LogP contribution in [-0.2, 0) is 22.6 Å². The number of benzene rings is 2. The SMILES string of the molecule is O=C[C@@H]1CCC[C@@]12CC[C@]1(C2)C[C@]2(O)[C@H](O)[C@@H](CO)O[C@@H](Oc3cccc4c3C(=O)[C@@]3(C(O)=CC(Cc5cccc(CO)c5)=C[C@@H]3C4=O)[C@H](CCC3(O)CCCCC3)SSCNC3=CC1=CCN3)[C@@H]2O. The van der Waals surface area contributed by atoms with Gasteiger partial charge >= 0.3 is 0 Å². The summed E-state index contributed by atoms with van der Waals surface area (Å²) in [6.07, 6.45) is 10.4. The number of allylic oxidation sites excluding steroid dienone is 6. The largest absolute Gasteiger partial charge is 0.511 e. The number of hydrogen-bond donors (Lipinski definition) is 9. The van der Waals surface area contributed by atoms with E-state index in [1.165, 1.54) is 33.7 Å². The molecule has 11 atom stereocenters. The highest BCUT2D eigenvalue weighted by Gasteiger charge is 2.65. The second kappa shape index (κ2) is 19.5. The van der Waals surface area contributed by atoms with Crippen LogP contribution in [0.15, 0.2) is 89.5 Å². The molecule has 0 amide bonds. The number of carbonyl (C=O) groups is 3. The Labute approximate surface area is 416 Å². The van der Waals surface area contributed by atoms with Gasteiger partial charge in [-0.2, -0.15) is 0 Å². The lowest BCUT2D eigenvalue weighted by Gasteiger charge is -2.51. The van der Waals surface area contributed by atoms with Crippen LogP contribution in [-0.4, -0.2) is 114 Å². The number of aldehydes is 1. The summed E-state index contributed by atoms with van der Waals surface area (Å²) in [4.78, 5) is 44.1. The lowest BCUT2D eigenvalue weighted by molar-refractivity contribution is -0.319. The third kappa shape index (κ3) is 8.50. The molecule has 3 aliphatic heterocycles. The summed E-state index contributed by atoms with van der Waals surface area (Å²) in [6, 6.07) is 12.0. The number of fused-ring (bicyclic) bond motifs is 4. The summed E-state index contributed by atoms with van der Waals surface area (Å²) in [5.41, 5.74) is -3.51. The summed E-state index contributed by atoms with van der Waals surface area (Å²) in [5, 5.41) is 89.0. The van der Waals surface area contributed by atoms with Crippen LogP contribution in [0.4, 0.5) is 0 Å². The van der Waals surface area contributed by atoms with E-state index < -0.39 is 76.0 Å². The second-order valence-electron chi connectivity index (χ2n) is 21.4. The monoisotopic (exact) mass is 998 g/mol. The molecule has 9 N–H and O–H groups in total. The van der Waals surface area contributed by atoms with Gasteiger partial charge in [0, 0.05) is 23.3 Å². The van der Waals surface area contributed by atoms with E-state index in [0.29, 0.717) is 74.3 Å². The Morgan fingerprint density at radius 2 is 1.69 bits per heavy atom. The van der Waals surface area contributed by atoms with Gasteiger partial charge in [0.05, 0.1) is 42.0 Å². The Bertz CT molecular complexity index is 2510. The molecule has 14 nitrogen and oxygen atoms in total. The highest BCUT2D eigenvalue weighted by Crippen LogP contribution is 2.65. The summed E-state index contributed by atoms with van der Waals surface area (Å²) >= 11 is 0. The van der Waals surface area contributed by atoms with Crippen molar-refractivity contribution in [3.05, 3.63) is 112 Å². The zero-order valence-corrected chi connectivity index (χ0v) is 41.0. The van der Waals surface area contributed by atoms with Crippen LogP contribution in [0.1, 0.15) is 122 Å². The topological polar surface area (TPSA) is 235 Å². The molecule has 70 heavy (non-hydrogen) atoms. The van der Waals surface area contributed by atoms with Gasteiger partial charge in [0.15, 0.2) is 11.6 Å². The Morgan fingerprint density at radius 1 is 0.886 bits per heavy atom. The van der Waals surface area contributed by atoms with E-state index in [0.717, 1.165) is 55.9 Å². The number of aliphatic hydroxyl groups is 7. The molecular weight excluding hydrogens is 933 g/mol. The zero-order chi connectivity index (χ0) is 49.1. The minimum absolute atomic E-state index is 0.0302. The second-order valence-corrected chi connectivity index (χ2v) is 24.0. The van der Waals surface area contributed by atoms with E-state index in [4.69, 9.17) is 9.47 Å². The van der Waals surface area contributed by atoms with Crippen molar-refractivity contribution >= 4 is 39.4 Å².